The summed E-state index contributed by atoms with van der Waals surface area (Å²) in [6.07, 6.45) is -7.35. The van der Waals surface area contributed by atoms with Gasteiger partial charge in [-0.3, -0.25) is 4.79 Å². The van der Waals surface area contributed by atoms with Crippen molar-refractivity contribution in [3.8, 4) is 0 Å². The molecule has 6 heteroatoms. The van der Waals surface area contributed by atoms with Gasteiger partial charge in [-0.25, -0.2) is 4.39 Å². The minimum Gasteiger partial charge on any atom is -0.278 e. The van der Waals surface area contributed by atoms with Crippen molar-refractivity contribution in [2.24, 2.45) is 0 Å². The van der Waals surface area contributed by atoms with Gasteiger partial charge in [0.1, 0.15) is 0 Å². The molecule has 88 valence electrons. The molecule has 1 aromatic carbocycles. The van der Waals surface area contributed by atoms with Gasteiger partial charge in [0.2, 0.25) is 0 Å². The van der Waals surface area contributed by atoms with Gasteiger partial charge in [-0.2, -0.15) is 13.2 Å². The number of hydrogen-bond acceptors (Lipinski definition) is 1. The normalized spacial score (nSPS) is 13.6. The quantitative estimate of drug-likeness (QED) is 0.597. The molecule has 0 heterocycles. The zero-order chi connectivity index (χ0) is 12.3. The molecule has 0 saturated carbocycles. The first-order valence-corrected chi connectivity index (χ1v) is 4.68. The van der Waals surface area contributed by atoms with Crippen molar-refractivity contribution in [3.05, 3.63) is 35.4 Å². The standard InChI is InChI=1S/C10H7ClF4O/c11-9(16)8(12)5-6-3-1-2-4-7(6)10(13,14)15/h1-4,8H,5H2. The lowest BCUT2D eigenvalue weighted by Crippen LogP contribution is -2.16. The van der Waals surface area contributed by atoms with E-state index in [0.717, 1.165) is 12.1 Å². The summed E-state index contributed by atoms with van der Waals surface area (Å²) in [6.45, 7) is 0. The van der Waals surface area contributed by atoms with Gasteiger partial charge >= 0.3 is 6.18 Å². The molecule has 0 radical (unpaired) electrons. The highest BCUT2D eigenvalue weighted by molar-refractivity contribution is 6.64. The zero-order valence-corrected chi connectivity index (χ0v) is 8.65. The smallest absolute Gasteiger partial charge is 0.278 e. The van der Waals surface area contributed by atoms with Gasteiger partial charge < -0.3 is 0 Å². The lowest BCUT2D eigenvalue weighted by Gasteiger charge is -2.12. The third-order valence-electron chi connectivity index (χ3n) is 1.97. The second-order valence-corrected chi connectivity index (χ2v) is 3.50. The fraction of sp³-hybridized carbons (Fsp3) is 0.300. The maximum Gasteiger partial charge on any atom is 0.416 e. The first-order chi connectivity index (χ1) is 7.32. The Labute approximate surface area is 94.0 Å². The predicted molar refractivity (Wildman–Crippen MR) is 50.9 cm³/mol. The molecule has 0 aliphatic heterocycles. The molecule has 0 bridgehead atoms. The minimum atomic E-state index is -4.56. The molecular weight excluding hydrogens is 248 g/mol. The monoisotopic (exact) mass is 254 g/mol. The Morgan fingerprint density at radius 1 is 1.31 bits per heavy atom. The average molecular weight is 255 g/mol. The summed E-state index contributed by atoms with van der Waals surface area (Å²) in [7, 11) is 0. The Hall–Kier alpha value is -1.10. The van der Waals surface area contributed by atoms with Crippen molar-refractivity contribution >= 4 is 16.8 Å². The zero-order valence-electron chi connectivity index (χ0n) is 7.89. The van der Waals surface area contributed by atoms with E-state index in [2.05, 4.69) is 0 Å². The fourth-order valence-corrected chi connectivity index (χ4v) is 1.33. The van der Waals surface area contributed by atoms with Crippen LogP contribution in [-0.4, -0.2) is 11.4 Å². The Balaban J connectivity index is 3.01. The Morgan fingerprint density at radius 2 is 1.88 bits per heavy atom. The van der Waals surface area contributed by atoms with Crippen LogP contribution in [-0.2, 0) is 17.4 Å². The highest BCUT2D eigenvalue weighted by Gasteiger charge is 2.33. The summed E-state index contributed by atoms with van der Waals surface area (Å²) in [5, 5.41) is -1.29. The van der Waals surface area contributed by atoms with Crippen molar-refractivity contribution in [1.29, 1.82) is 0 Å². The Kier molecular flexibility index (Phi) is 3.91. The van der Waals surface area contributed by atoms with E-state index in [0.29, 0.717) is 0 Å². The predicted octanol–water partition coefficient (Wildman–Crippen LogP) is 3.35. The lowest BCUT2D eigenvalue weighted by atomic mass is 10.0. The van der Waals surface area contributed by atoms with Gasteiger partial charge in [-0.1, -0.05) is 18.2 Å². The SMILES string of the molecule is O=C(Cl)C(F)Cc1ccccc1C(F)(F)F. The van der Waals surface area contributed by atoms with Crippen molar-refractivity contribution < 1.29 is 22.4 Å². The Bertz CT molecular complexity index is 389. The number of alkyl halides is 4. The number of rotatable bonds is 3. The molecule has 1 aromatic rings. The van der Waals surface area contributed by atoms with E-state index in [4.69, 9.17) is 11.6 Å². The molecule has 1 nitrogen and oxygen atoms in total. The number of halogens is 5. The summed E-state index contributed by atoms with van der Waals surface area (Å²) < 4.78 is 50.3. The molecule has 0 spiro atoms. The molecule has 16 heavy (non-hydrogen) atoms. The van der Waals surface area contributed by atoms with E-state index < -0.39 is 29.6 Å². The highest BCUT2D eigenvalue weighted by Crippen LogP contribution is 2.32. The number of hydrogen-bond donors (Lipinski definition) is 0. The van der Waals surface area contributed by atoms with E-state index in [1.165, 1.54) is 12.1 Å². The van der Waals surface area contributed by atoms with Gasteiger partial charge in [0.05, 0.1) is 5.56 Å². The van der Waals surface area contributed by atoms with Crippen molar-refractivity contribution in [2.45, 2.75) is 18.8 Å². The van der Waals surface area contributed by atoms with Gasteiger partial charge in [0.15, 0.2) is 6.17 Å². The summed E-state index contributed by atoms with van der Waals surface area (Å²) in [4.78, 5) is 10.4. The molecule has 0 N–H and O–H groups in total. The van der Waals surface area contributed by atoms with Crippen LogP contribution < -0.4 is 0 Å². The number of carbonyl (C=O) groups excluding carboxylic acids is 1. The van der Waals surface area contributed by atoms with Crippen LogP contribution in [0.2, 0.25) is 0 Å². The van der Waals surface area contributed by atoms with Crippen molar-refractivity contribution in [2.75, 3.05) is 0 Å². The van der Waals surface area contributed by atoms with Crippen LogP contribution in [0, 0.1) is 0 Å². The van der Waals surface area contributed by atoms with E-state index >= 15 is 0 Å². The van der Waals surface area contributed by atoms with E-state index in [-0.39, 0.29) is 5.56 Å². The van der Waals surface area contributed by atoms with Crippen molar-refractivity contribution in [1.82, 2.24) is 0 Å². The second kappa shape index (κ2) is 4.82. The topological polar surface area (TPSA) is 17.1 Å². The van der Waals surface area contributed by atoms with Crippen LogP contribution in [0.15, 0.2) is 24.3 Å². The first kappa shape index (κ1) is 13.0. The van der Waals surface area contributed by atoms with Crippen LogP contribution in [0.25, 0.3) is 0 Å². The van der Waals surface area contributed by atoms with Gasteiger partial charge in [0.25, 0.3) is 5.24 Å². The van der Waals surface area contributed by atoms with Crippen LogP contribution in [0.4, 0.5) is 17.6 Å². The van der Waals surface area contributed by atoms with Crippen LogP contribution in [0.3, 0.4) is 0 Å². The first-order valence-electron chi connectivity index (χ1n) is 4.31. The summed E-state index contributed by atoms with van der Waals surface area (Å²) >= 11 is 4.85. The van der Waals surface area contributed by atoms with Crippen molar-refractivity contribution in [3.63, 3.8) is 0 Å². The molecule has 1 unspecified atom stereocenters. The molecule has 0 aliphatic carbocycles. The summed E-state index contributed by atoms with van der Waals surface area (Å²) in [5.41, 5.74) is -1.23. The van der Waals surface area contributed by atoms with Gasteiger partial charge in [-0.05, 0) is 23.2 Å². The molecule has 1 atom stereocenters. The molecular formula is C10H7ClF4O. The fourth-order valence-electron chi connectivity index (χ4n) is 1.25. The average Bonchev–Trinajstić information content (AvgIpc) is 2.16. The van der Waals surface area contributed by atoms with E-state index in [1.807, 2.05) is 0 Å². The summed E-state index contributed by atoms with van der Waals surface area (Å²) in [5.74, 6) is 0. The maximum atomic E-state index is 12.9. The van der Waals surface area contributed by atoms with Crippen LogP contribution in [0.5, 0.6) is 0 Å². The molecule has 0 fully saturated rings. The van der Waals surface area contributed by atoms with E-state index in [1.54, 1.807) is 0 Å². The maximum absolute atomic E-state index is 12.9. The third-order valence-corrected chi connectivity index (χ3v) is 2.20. The van der Waals surface area contributed by atoms with Crippen LogP contribution >= 0.6 is 11.6 Å². The highest BCUT2D eigenvalue weighted by atomic mass is 35.5. The molecule has 0 aromatic heterocycles. The minimum absolute atomic E-state index is 0.281. The van der Waals surface area contributed by atoms with E-state index in [9.17, 15) is 22.4 Å². The number of carbonyl (C=O) groups is 1. The van der Waals surface area contributed by atoms with Gasteiger partial charge in [0, 0.05) is 6.42 Å². The lowest BCUT2D eigenvalue weighted by molar-refractivity contribution is -0.138. The summed E-state index contributed by atoms with van der Waals surface area (Å²) in [6, 6.07) is 4.49. The number of benzene rings is 1. The second-order valence-electron chi connectivity index (χ2n) is 3.13. The molecule has 0 aliphatic rings. The third kappa shape index (κ3) is 3.20. The van der Waals surface area contributed by atoms with Crippen LogP contribution in [0.1, 0.15) is 11.1 Å². The molecule has 0 saturated heterocycles. The molecule has 1 rings (SSSR count). The Morgan fingerprint density at radius 3 is 2.38 bits per heavy atom. The largest absolute Gasteiger partial charge is 0.416 e. The van der Waals surface area contributed by atoms with Gasteiger partial charge in [-0.15, -0.1) is 0 Å². The molecule has 0 amide bonds.